The van der Waals surface area contributed by atoms with Gasteiger partial charge in [-0.3, -0.25) is 0 Å². The highest BCUT2D eigenvalue weighted by atomic mass is 15.3. The van der Waals surface area contributed by atoms with Crippen LogP contribution in [0.3, 0.4) is 0 Å². The van der Waals surface area contributed by atoms with Crippen molar-refractivity contribution >= 4 is 5.82 Å². The Morgan fingerprint density at radius 3 is 2.69 bits per heavy atom. The molecular weight excluding hydrogens is 200 g/mol. The van der Waals surface area contributed by atoms with Crippen molar-refractivity contribution in [2.75, 3.05) is 24.5 Å². The predicted molar refractivity (Wildman–Crippen MR) is 65.8 cm³/mol. The topological polar surface area (TPSA) is 41.1 Å². The lowest BCUT2D eigenvalue weighted by atomic mass is 10.1. The first kappa shape index (κ1) is 11.3. The van der Waals surface area contributed by atoms with Crippen LogP contribution in [0.2, 0.25) is 0 Å². The van der Waals surface area contributed by atoms with Crippen molar-refractivity contribution in [2.24, 2.45) is 0 Å². The molecule has 1 fully saturated rings. The van der Waals surface area contributed by atoms with E-state index in [2.05, 4.69) is 47.0 Å². The fourth-order valence-electron chi connectivity index (χ4n) is 1.94. The summed E-state index contributed by atoms with van der Waals surface area (Å²) in [5.74, 6) is 1.52. The van der Waals surface area contributed by atoms with Gasteiger partial charge in [-0.05, 0) is 12.8 Å². The molecule has 1 saturated heterocycles. The van der Waals surface area contributed by atoms with Crippen LogP contribution in [-0.4, -0.2) is 35.6 Å². The number of nitrogens with one attached hydrogen (secondary N) is 1. The zero-order valence-electron chi connectivity index (χ0n) is 10.3. The summed E-state index contributed by atoms with van der Waals surface area (Å²) in [6.45, 7) is 9.63. The lowest BCUT2D eigenvalue weighted by Gasteiger charge is -2.38. The second kappa shape index (κ2) is 4.78. The SMILES string of the molecule is CCN(c1cc(C(C)C)ncn1)C1CNC1. The molecule has 1 N–H and O–H groups in total. The van der Waals surface area contributed by atoms with Gasteiger partial charge in [0.25, 0.3) is 0 Å². The first-order chi connectivity index (χ1) is 7.72. The number of nitrogens with zero attached hydrogens (tertiary/aromatic N) is 3. The van der Waals surface area contributed by atoms with Crippen molar-refractivity contribution in [3.8, 4) is 0 Å². The Kier molecular flexibility index (Phi) is 3.39. The third-order valence-corrected chi connectivity index (χ3v) is 3.10. The molecule has 0 spiro atoms. The largest absolute Gasteiger partial charge is 0.351 e. The molecule has 4 heteroatoms. The van der Waals surface area contributed by atoms with Crippen LogP contribution < -0.4 is 10.2 Å². The molecule has 0 saturated carbocycles. The summed E-state index contributed by atoms with van der Waals surface area (Å²) in [6.07, 6.45) is 1.68. The van der Waals surface area contributed by atoms with Gasteiger partial charge in [0.05, 0.1) is 6.04 Å². The molecule has 0 unspecified atom stereocenters. The van der Waals surface area contributed by atoms with Gasteiger partial charge in [0, 0.05) is 31.4 Å². The maximum atomic E-state index is 4.38. The predicted octanol–water partition coefficient (Wildman–Crippen LogP) is 1.40. The van der Waals surface area contributed by atoms with Gasteiger partial charge in [-0.25, -0.2) is 9.97 Å². The summed E-state index contributed by atoms with van der Waals surface area (Å²) < 4.78 is 0. The monoisotopic (exact) mass is 220 g/mol. The van der Waals surface area contributed by atoms with E-state index in [-0.39, 0.29) is 0 Å². The first-order valence-electron chi connectivity index (χ1n) is 6.01. The van der Waals surface area contributed by atoms with E-state index in [9.17, 15) is 0 Å². The molecule has 0 aromatic carbocycles. The Labute approximate surface area is 97.1 Å². The zero-order valence-corrected chi connectivity index (χ0v) is 10.3. The molecule has 0 aliphatic carbocycles. The number of aromatic nitrogens is 2. The number of likely N-dealkylation sites (N-methyl/N-ethyl adjacent to an activating group) is 1. The number of hydrogen-bond acceptors (Lipinski definition) is 4. The van der Waals surface area contributed by atoms with Crippen LogP contribution in [0.15, 0.2) is 12.4 Å². The summed E-state index contributed by atoms with van der Waals surface area (Å²) in [5.41, 5.74) is 1.12. The molecular formula is C12H20N4. The summed E-state index contributed by atoms with van der Waals surface area (Å²) in [4.78, 5) is 11.0. The van der Waals surface area contributed by atoms with E-state index in [1.165, 1.54) is 0 Å². The molecule has 2 heterocycles. The molecule has 88 valence electrons. The third-order valence-electron chi connectivity index (χ3n) is 3.10. The summed E-state index contributed by atoms with van der Waals surface area (Å²) >= 11 is 0. The van der Waals surface area contributed by atoms with Crippen LogP contribution in [0.5, 0.6) is 0 Å². The molecule has 0 bridgehead atoms. The first-order valence-corrected chi connectivity index (χ1v) is 6.01. The van der Waals surface area contributed by atoms with Crippen LogP contribution in [0, 0.1) is 0 Å². The highest BCUT2D eigenvalue weighted by molar-refractivity contribution is 5.41. The van der Waals surface area contributed by atoms with Crippen molar-refractivity contribution in [3.05, 3.63) is 18.1 Å². The van der Waals surface area contributed by atoms with E-state index in [4.69, 9.17) is 0 Å². The molecule has 1 aliphatic heterocycles. The number of anilines is 1. The third kappa shape index (κ3) is 2.16. The molecule has 1 aliphatic rings. The van der Waals surface area contributed by atoms with E-state index in [0.29, 0.717) is 12.0 Å². The maximum absolute atomic E-state index is 4.38. The van der Waals surface area contributed by atoms with Crippen LogP contribution in [0.4, 0.5) is 5.82 Å². The fourth-order valence-corrected chi connectivity index (χ4v) is 1.94. The smallest absolute Gasteiger partial charge is 0.132 e. The number of hydrogen-bond donors (Lipinski definition) is 1. The van der Waals surface area contributed by atoms with Gasteiger partial charge >= 0.3 is 0 Å². The molecule has 4 nitrogen and oxygen atoms in total. The minimum atomic E-state index is 0.458. The van der Waals surface area contributed by atoms with Gasteiger partial charge in [0.1, 0.15) is 12.1 Å². The van der Waals surface area contributed by atoms with Gasteiger partial charge in [-0.15, -0.1) is 0 Å². The Morgan fingerprint density at radius 2 is 2.19 bits per heavy atom. The molecule has 2 rings (SSSR count). The van der Waals surface area contributed by atoms with E-state index >= 15 is 0 Å². The van der Waals surface area contributed by atoms with E-state index in [0.717, 1.165) is 31.1 Å². The van der Waals surface area contributed by atoms with Crippen LogP contribution in [-0.2, 0) is 0 Å². The summed E-state index contributed by atoms with van der Waals surface area (Å²) in [5, 5.41) is 3.30. The minimum Gasteiger partial charge on any atom is -0.351 e. The van der Waals surface area contributed by atoms with E-state index in [1.807, 2.05) is 0 Å². The second-order valence-electron chi connectivity index (χ2n) is 4.55. The zero-order chi connectivity index (χ0) is 11.5. The standard InChI is InChI=1S/C12H20N4/c1-4-16(10-6-13-7-10)12-5-11(9(2)3)14-8-15-12/h5,8-10,13H,4,6-7H2,1-3H3. The normalized spacial score (nSPS) is 16.2. The van der Waals surface area contributed by atoms with Crippen molar-refractivity contribution in [3.63, 3.8) is 0 Å². The van der Waals surface area contributed by atoms with Crippen molar-refractivity contribution in [1.29, 1.82) is 0 Å². The Morgan fingerprint density at radius 1 is 1.44 bits per heavy atom. The average molecular weight is 220 g/mol. The average Bonchev–Trinajstić information content (AvgIpc) is 2.23. The summed E-state index contributed by atoms with van der Waals surface area (Å²) in [6, 6.07) is 2.71. The van der Waals surface area contributed by atoms with E-state index < -0.39 is 0 Å². The molecule has 16 heavy (non-hydrogen) atoms. The molecule has 0 radical (unpaired) electrons. The summed E-state index contributed by atoms with van der Waals surface area (Å²) in [7, 11) is 0. The number of rotatable bonds is 4. The van der Waals surface area contributed by atoms with Crippen LogP contribution in [0.25, 0.3) is 0 Å². The lowest BCUT2D eigenvalue weighted by Crippen LogP contribution is -2.57. The molecule has 0 atom stereocenters. The van der Waals surface area contributed by atoms with Crippen LogP contribution >= 0.6 is 0 Å². The Bertz CT molecular complexity index is 347. The highest BCUT2D eigenvalue weighted by Gasteiger charge is 2.24. The highest BCUT2D eigenvalue weighted by Crippen LogP contribution is 2.19. The maximum Gasteiger partial charge on any atom is 0.132 e. The van der Waals surface area contributed by atoms with Gasteiger partial charge in [0.2, 0.25) is 0 Å². The van der Waals surface area contributed by atoms with Crippen molar-refractivity contribution in [2.45, 2.75) is 32.7 Å². The van der Waals surface area contributed by atoms with Gasteiger partial charge in [-0.2, -0.15) is 0 Å². The lowest BCUT2D eigenvalue weighted by molar-refractivity contribution is 0.415. The minimum absolute atomic E-state index is 0.458. The van der Waals surface area contributed by atoms with Crippen LogP contribution in [0.1, 0.15) is 32.4 Å². The fraction of sp³-hybridized carbons (Fsp3) is 0.667. The van der Waals surface area contributed by atoms with Gasteiger partial charge in [0.15, 0.2) is 0 Å². The molecule has 1 aromatic heterocycles. The van der Waals surface area contributed by atoms with Crippen molar-refractivity contribution in [1.82, 2.24) is 15.3 Å². The van der Waals surface area contributed by atoms with Crippen molar-refractivity contribution < 1.29 is 0 Å². The molecule has 1 aromatic rings. The quantitative estimate of drug-likeness (QED) is 0.832. The van der Waals surface area contributed by atoms with Gasteiger partial charge in [-0.1, -0.05) is 13.8 Å². The second-order valence-corrected chi connectivity index (χ2v) is 4.55. The Hall–Kier alpha value is -1.16. The molecule has 0 amide bonds. The van der Waals surface area contributed by atoms with E-state index in [1.54, 1.807) is 6.33 Å². The van der Waals surface area contributed by atoms with Gasteiger partial charge < -0.3 is 10.2 Å². The Balaban J connectivity index is 2.20.